The van der Waals surface area contributed by atoms with Crippen molar-refractivity contribution >= 4 is 11.7 Å². The van der Waals surface area contributed by atoms with Crippen LogP contribution in [0.2, 0.25) is 0 Å². The van der Waals surface area contributed by atoms with Gasteiger partial charge in [-0.2, -0.15) is 0 Å². The lowest BCUT2D eigenvalue weighted by atomic mass is 9.57. The maximum Gasteiger partial charge on any atom is 0.315 e. The van der Waals surface area contributed by atoms with Crippen LogP contribution in [0.5, 0.6) is 0 Å². The molecule has 0 bridgehead atoms. The standard InChI is InChI=1S/C20H29N3O2/c1-20(2)17(16-9-11-25-18(16)20)22-19(24)21-12-14-8-10-23(13-14)15-6-4-3-5-7-15/h3-7,14,16-18H,8-13H2,1-2H3,(H2,21,22,24). The van der Waals surface area contributed by atoms with E-state index in [1.807, 2.05) is 6.07 Å². The Labute approximate surface area is 150 Å². The normalized spacial score (nSPS) is 32.8. The Hall–Kier alpha value is -1.75. The Morgan fingerprint density at radius 2 is 2.08 bits per heavy atom. The summed E-state index contributed by atoms with van der Waals surface area (Å²) in [6.07, 6.45) is 2.50. The van der Waals surface area contributed by atoms with E-state index in [1.165, 1.54) is 5.69 Å². The van der Waals surface area contributed by atoms with Gasteiger partial charge in [-0.05, 0) is 30.9 Å². The highest BCUT2D eigenvalue weighted by molar-refractivity contribution is 5.74. The van der Waals surface area contributed by atoms with E-state index in [0.717, 1.165) is 39.1 Å². The van der Waals surface area contributed by atoms with Crippen molar-refractivity contribution in [2.24, 2.45) is 17.3 Å². The third kappa shape index (κ3) is 3.10. The highest BCUT2D eigenvalue weighted by Crippen LogP contribution is 2.52. The zero-order valence-electron chi connectivity index (χ0n) is 15.2. The fourth-order valence-electron chi connectivity index (χ4n) is 4.92. The average molecular weight is 343 g/mol. The largest absolute Gasteiger partial charge is 0.377 e. The Morgan fingerprint density at radius 3 is 2.88 bits per heavy atom. The summed E-state index contributed by atoms with van der Waals surface area (Å²) in [6.45, 7) is 8.04. The Morgan fingerprint density at radius 1 is 1.28 bits per heavy atom. The second kappa shape index (κ2) is 6.52. The van der Waals surface area contributed by atoms with Gasteiger partial charge in [0.05, 0.1) is 6.10 Å². The summed E-state index contributed by atoms with van der Waals surface area (Å²) < 4.78 is 5.80. The van der Waals surface area contributed by atoms with Gasteiger partial charge in [0.25, 0.3) is 0 Å². The number of amides is 2. The van der Waals surface area contributed by atoms with Gasteiger partial charge in [-0.3, -0.25) is 0 Å². The van der Waals surface area contributed by atoms with Gasteiger partial charge in [-0.25, -0.2) is 4.79 Å². The number of nitrogens with one attached hydrogen (secondary N) is 2. The molecule has 1 aromatic carbocycles. The molecule has 5 heteroatoms. The van der Waals surface area contributed by atoms with E-state index in [-0.39, 0.29) is 17.5 Å². The second-order valence-electron chi connectivity index (χ2n) is 8.33. The number of hydrogen-bond acceptors (Lipinski definition) is 3. The second-order valence-corrected chi connectivity index (χ2v) is 8.33. The summed E-state index contributed by atoms with van der Waals surface area (Å²) in [6, 6.07) is 10.7. The molecule has 0 spiro atoms. The molecular weight excluding hydrogens is 314 g/mol. The van der Waals surface area contributed by atoms with Crippen LogP contribution in [0.15, 0.2) is 30.3 Å². The molecule has 1 saturated carbocycles. The Kier molecular flexibility index (Phi) is 4.36. The van der Waals surface area contributed by atoms with Crippen molar-refractivity contribution in [3.63, 3.8) is 0 Å². The van der Waals surface area contributed by atoms with Crippen molar-refractivity contribution in [2.75, 3.05) is 31.1 Å². The van der Waals surface area contributed by atoms with Gasteiger partial charge in [-0.15, -0.1) is 0 Å². The minimum atomic E-state index is -0.0263. The van der Waals surface area contributed by atoms with Gasteiger partial charge >= 0.3 is 6.03 Å². The first kappa shape index (κ1) is 16.7. The molecule has 2 amide bonds. The third-order valence-electron chi connectivity index (χ3n) is 6.35. The Bertz CT molecular complexity index is 619. The van der Waals surface area contributed by atoms with Crippen molar-refractivity contribution in [3.8, 4) is 0 Å². The van der Waals surface area contributed by atoms with Gasteiger partial charge in [0, 0.05) is 49.3 Å². The zero-order valence-corrected chi connectivity index (χ0v) is 15.2. The molecule has 2 N–H and O–H groups in total. The minimum absolute atomic E-state index is 0.0263. The first-order valence-corrected chi connectivity index (χ1v) is 9.51. The van der Waals surface area contributed by atoms with E-state index in [2.05, 4.69) is 53.6 Å². The number of ether oxygens (including phenoxy) is 1. The van der Waals surface area contributed by atoms with E-state index in [1.54, 1.807) is 0 Å². The number of benzene rings is 1. The van der Waals surface area contributed by atoms with Gasteiger partial charge in [0.2, 0.25) is 0 Å². The summed E-state index contributed by atoms with van der Waals surface area (Å²) >= 11 is 0. The van der Waals surface area contributed by atoms with Crippen molar-refractivity contribution in [3.05, 3.63) is 30.3 Å². The third-order valence-corrected chi connectivity index (χ3v) is 6.35. The first-order chi connectivity index (χ1) is 12.1. The molecule has 3 aliphatic rings. The first-order valence-electron chi connectivity index (χ1n) is 9.51. The van der Waals surface area contributed by atoms with Crippen molar-refractivity contribution in [1.82, 2.24) is 10.6 Å². The van der Waals surface area contributed by atoms with Crippen LogP contribution in [-0.4, -0.2) is 44.4 Å². The zero-order chi connectivity index (χ0) is 17.4. The molecule has 4 rings (SSSR count). The van der Waals surface area contributed by atoms with Crippen LogP contribution in [0, 0.1) is 17.3 Å². The predicted octanol–water partition coefficient (Wildman–Crippen LogP) is 2.63. The van der Waals surface area contributed by atoms with Crippen LogP contribution < -0.4 is 15.5 Å². The van der Waals surface area contributed by atoms with Gasteiger partial charge in [-0.1, -0.05) is 32.0 Å². The molecule has 25 heavy (non-hydrogen) atoms. The molecular formula is C20H29N3O2. The topological polar surface area (TPSA) is 53.6 Å². The van der Waals surface area contributed by atoms with Crippen LogP contribution in [0.3, 0.4) is 0 Å². The van der Waals surface area contributed by atoms with Crippen LogP contribution >= 0.6 is 0 Å². The van der Waals surface area contributed by atoms with E-state index < -0.39 is 0 Å². The molecule has 3 fully saturated rings. The minimum Gasteiger partial charge on any atom is -0.377 e. The van der Waals surface area contributed by atoms with Crippen LogP contribution in [0.4, 0.5) is 10.5 Å². The molecule has 1 aliphatic carbocycles. The van der Waals surface area contributed by atoms with E-state index in [9.17, 15) is 4.79 Å². The fraction of sp³-hybridized carbons (Fsp3) is 0.650. The van der Waals surface area contributed by atoms with E-state index in [0.29, 0.717) is 17.9 Å². The van der Waals surface area contributed by atoms with E-state index >= 15 is 0 Å². The number of urea groups is 1. The fourth-order valence-corrected chi connectivity index (χ4v) is 4.92. The quantitative estimate of drug-likeness (QED) is 0.884. The molecule has 2 saturated heterocycles. The summed E-state index contributed by atoms with van der Waals surface area (Å²) in [5.41, 5.74) is 1.31. The molecule has 0 aromatic heterocycles. The van der Waals surface area contributed by atoms with Crippen LogP contribution in [-0.2, 0) is 4.74 Å². The maximum atomic E-state index is 12.4. The molecule has 0 radical (unpaired) electrons. The number of carbonyl (C=O) groups is 1. The monoisotopic (exact) mass is 343 g/mol. The lowest BCUT2D eigenvalue weighted by Crippen LogP contribution is -2.67. The number of rotatable bonds is 4. The number of hydrogen-bond donors (Lipinski definition) is 2. The highest BCUT2D eigenvalue weighted by Gasteiger charge is 2.59. The van der Waals surface area contributed by atoms with Crippen molar-refractivity contribution in [1.29, 1.82) is 0 Å². The molecule has 4 atom stereocenters. The van der Waals surface area contributed by atoms with Gasteiger partial charge in [0.15, 0.2) is 0 Å². The molecule has 2 aliphatic heterocycles. The van der Waals surface area contributed by atoms with Gasteiger partial charge < -0.3 is 20.3 Å². The molecule has 136 valence electrons. The van der Waals surface area contributed by atoms with Crippen LogP contribution in [0.25, 0.3) is 0 Å². The number of nitrogens with zero attached hydrogens (tertiary/aromatic N) is 1. The molecule has 2 heterocycles. The summed E-state index contributed by atoms with van der Waals surface area (Å²) in [5, 5.41) is 6.30. The lowest BCUT2D eigenvalue weighted by molar-refractivity contribution is -0.108. The number of para-hydroxylation sites is 1. The summed E-state index contributed by atoms with van der Waals surface area (Å²) in [4.78, 5) is 14.8. The van der Waals surface area contributed by atoms with Crippen molar-refractivity contribution < 1.29 is 9.53 Å². The van der Waals surface area contributed by atoms with Crippen molar-refractivity contribution in [2.45, 2.75) is 38.8 Å². The SMILES string of the molecule is CC1(C)C(NC(=O)NCC2CCN(c3ccccc3)C2)C2CCOC21. The number of carbonyl (C=O) groups excluding carboxylic acids is 1. The van der Waals surface area contributed by atoms with E-state index in [4.69, 9.17) is 4.74 Å². The molecule has 5 nitrogen and oxygen atoms in total. The average Bonchev–Trinajstić information content (AvgIpc) is 3.27. The summed E-state index contributed by atoms with van der Waals surface area (Å²) in [5.74, 6) is 1.00. The Balaban J connectivity index is 1.23. The highest BCUT2D eigenvalue weighted by atomic mass is 16.5. The predicted molar refractivity (Wildman–Crippen MR) is 98.7 cm³/mol. The smallest absolute Gasteiger partial charge is 0.315 e. The van der Waals surface area contributed by atoms with Crippen LogP contribution in [0.1, 0.15) is 26.7 Å². The number of anilines is 1. The molecule has 1 aromatic rings. The maximum absolute atomic E-state index is 12.4. The summed E-state index contributed by atoms with van der Waals surface area (Å²) in [7, 11) is 0. The lowest BCUT2D eigenvalue weighted by Gasteiger charge is -2.54. The van der Waals surface area contributed by atoms with Gasteiger partial charge in [0.1, 0.15) is 0 Å². The molecule has 4 unspecified atom stereocenters. The number of fused-ring (bicyclic) bond motifs is 1.